The molecule has 1 heterocycles. The number of imide groups is 1. The van der Waals surface area contributed by atoms with Crippen LogP contribution in [0.1, 0.15) is 25.2 Å². The predicted molar refractivity (Wildman–Crippen MR) is 79.9 cm³/mol. The molecule has 0 unspecified atom stereocenters. The van der Waals surface area contributed by atoms with Gasteiger partial charge in [0.1, 0.15) is 0 Å². The van der Waals surface area contributed by atoms with Crippen molar-refractivity contribution in [2.45, 2.75) is 39.4 Å². The van der Waals surface area contributed by atoms with Crippen molar-refractivity contribution >= 4 is 23.7 Å². The first-order valence-electron chi connectivity index (χ1n) is 6.53. The summed E-state index contributed by atoms with van der Waals surface area (Å²) < 4.78 is 2.12. The van der Waals surface area contributed by atoms with Crippen molar-refractivity contribution in [3.63, 3.8) is 0 Å². The number of nitrogens with zero attached hydrogens (tertiary/aromatic N) is 2. The summed E-state index contributed by atoms with van der Waals surface area (Å²) in [7, 11) is 1.47. The number of rotatable bonds is 5. The number of carbonyl (C=O) groups is 2. The average molecular weight is 298 g/mol. The zero-order chi connectivity index (χ0) is 15.3. The summed E-state index contributed by atoms with van der Waals surface area (Å²) in [5.74, 6) is 0.339. The van der Waals surface area contributed by atoms with E-state index in [0.29, 0.717) is 5.92 Å². The lowest BCUT2D eigenvalue weighted by Crippen LogP contribution is -2.38. The number of aryl methyl sites for hydroxylation is 1. The van der Waals surface area contributed by atoms with E-state index in [-0.39, 0.29) is 11.7 Å². The van der Waals surface area contributed by atoms with E-state index in [2.05, 4.69) is 34.0 Å². The van der Waals surface area contributed by atoms with Gasteiger partial charge in [0.15, 0.2) is 5.16 Å². The predicted octanol–water partition coefficient (Wildman–Crippen LogP) is 1.70. The van der Waals surface area contributed by atoms with E-state index in [1.165, 1.54) is 18.8 Å². The zero-order valence-electron chi connectivity index (χ0n) is 12.6. The van der Waals surface area contributed by atoms with E-state index in [0.717, 1.165) is 23.1 Å². The number of amides is 3. The number of aromatic nitrogens is 2. The lowest BCUT2D eigenvalue weighted by Gasteiger charge is -2.12. The highest BCUT2D eigenvalue weighted by atomic mass is 32.2. The molecule has 0 radical (unpaired) electrons. The summed E-state index contributed by atoms with van der Waals surface area (Å²) in [6, 6.07) is -0.492. The second-order valence-electron chi connectivity index (χ2n) is 4.99. The molecule has 0 aromatic carbocycles. The highest BCUT2D eigenvalue weighted by Crippen LogP contribution is 2.22. The Morgan fingerprint density at radius 2 is 2.00 bits per heavy atom. The summed E-state index contributed by atoms with van der Waals surface area (Å²) >= 11 is 1.34. The number of thioether (sulfide) groups is 1. The fourth-order valence-corrected chi connectivity index (χ4v) is 2.57. The molecule has 0 aliphatic rings. The van der Waals surface area contributed by atoms with Gasteiger partial charge in [-0.3, -0.25) is 10.1 Å². The smallest absolute Gasteiger partial charge is 0.321 e. The molecule has 0 fully saturated rings. The van der Waals surface area contributed by atoms with Crippen LogP contribution in [0.3, 0.4) is 0 Å². The molecule has 3 amide bonds. The quantitative estimate of drug-likeness (QED) is 0.811. The van der Waals surface area contributed by atoms with E-state index in [4.69, 9.17) is 0 Å². The van der Waals surface area contributed by atoms with Crippen LogP contribution in [0.2, 0.25) is 0 Å². The second-order valence-corrected chi connectivity index (χ2v) is 5.93. The monoisotopic (exact) mass is 298 g/mol. The van der Waals surface area contributed by atoms with Crippen LogP contribution in [0, 0.1) is 19.8 Å². The van der Waals surface area contributed by atoms with Gasteiger partial charge in [-0.15, -0.1) is 0 Å². The molecule has 0 saturated carbocycles. The first-order valence-corrected chi connectivity index (χ1v) is 7.51. The molecule has 1 rings (SSSR count). The van der Waals surface area contributed by atoms with Crippen molar-refractivity contribution in [3.8, 4) is 0 Å². The molecule has 1 aromatic heterocycles. The molecule has 0 aliphatic carbocycles. The Kier molecular flexibility index (Phi) is 6.06. The summed E-state index contributed by atoms with van der Waals surface area (Å²) in [6.45, 7) is 9.13. The largest absolute Gasteiger partial charge is 0.341 e. The maximum atomic E-state index is 11.6. The van der Waals surface area contributed by atoms with Gasteiger partial charge in [0.05, 0.1) is 11.4 Å². The second kappa shape index (κ2) is 7.33. The van der Waals surface area contributed by atoms with Crippen LogP contribution in [0.15, 0.2) is 5.16 Å². The van der Waals surface area contributed by atoms with Gasteiger partial charge in [0, 0.05) is 19.3 Å². The Labute approximate surface area is 123 Å². The van der Waals surface area contributed by atoms with Gasteiger partial charge < -0.3 is 9.88 Å². The van der Waals surface area contributed by atoms with Crippen molar-refractivity contribution in [3.05, 3.63) is 11.4 Å². The molecule has 1 aromatic rings. The summed E-state index contributed by atoms with van der Waals surface area (Å²) in [6.07, 6.45) is 0. The van der Waals surface area contributed by atoms with E-state index < -0.39 is 6.03 Å². The minimum atomic E-state index is -0.492. The van der Waals surface area contributed by atoms with Crippen LogP contribution < -0.4 is 10.6 Å². The maximum Gasteiger partial charge on any atom is 0.321 e. The van der Waals surface area contributed by atoms with Crippen LogP contribution in [0.5, 0.6) is 0 Å². The molecule has 0 spiro atoms. The van der Waals surface area contributed by atoms with Gasteiger partial charge in [-0.25, -0.2) is 9.78 Å². The van der Waals surface area contributed by atoms with Gasteiger partial charge in [0.2, 0.25) is 5.91 Å². The maximum absolute atomic E-state index is 11.6. The van der Waals surface area contributed by atoms with Crippen LogP contribution in [-0.4, -0.2) is 34.3 Å². The Morgan fingerprint density at radius 3 is 2.55 bits per heavy atom. The molecule has 0 saturated heterocycles. The number of hydrogen-bond acceptors (Lipinski definition) is 4. The Hall–Kier alpha value is -1.50. The van der Waals surface area contributed by atoms with Crippen LogP contribution >= 0.6 is 11.8 Å². The van der Waals surface area contributed by atoms with Crippen LogP contribution in [0.4, 0.5) is 4.79 Å². The molecule has 0 atom stereocenters. The number of hydrogen-bond donors (Lipinski definition) is 2. The van der Waals surface area contributed by atoms with Gasteiger partial charge in [-0.1, -0.05) is 25.6 Å². The molecular weight excluding hydrogens is 276 g/mol. The summed E-state index contributed by atoms with van der Waals surface area (Å²) in [5.41, 5.74) is 2.09. The number of urea groups is 1. The van der Waals surface area contributed by atoms with E-state index >= 15 is 0 Å². The Morgan fingerprint density at radius 1 is 1.35 bits per heavy atom. The van der Waals surface area contributed by atoms with Crippen LogP contribution in [-0.2, 0) is 11.3 Å². The van der Waals surface area contributed by atoms with Crippen molar-refractivity contribution in [2.75, 3.05) is 12.8 Å². The van der Waals surface area contributed by atoms with E-state index in [9.17, 15) is 9.59 Å². The first-order chi connectivity index (χ1) is 9.35. The normalized spacial score (nSPS) is 10.7. The third-order valence-corrected chi connectivity index (χ3v) is 3.76. The minimum Gasteiger partial charge on any atom is -0.341 e. The molecule has 112 valence electrons. The lowest BCUT2D eigenvalue weighted by atomic mass is 10.2. The minimum absolute atomic E-state index is 0.168. The Balaban J connectivity index is 2.70. The lowest BCUT2D eigenvalue weighted by molar-refractivity contribution is -0.117. The average Bonchev–Trinajstić information content (AvgIpc) is 2.63. The van der Waals surface area contributed by atoms with E-state index in [1.807, 2.05) is 13.8 Å². The SMILES string of the molecule is CNC(=O)NC(=O)CSc1nc(C)c(C)n1CC(C)C. The van der Waals surface area contributed by atoms with Gasteiger partial charge in [-0.05, 0) is 19.8 Å². The fourth-order valence-electron chi connectivity index (χ4n) is 1.67. The zero-order valence-corrected chi connectivity index (χ0v) is 13.4. The highest BCUT2D eigenvalue weighted by Gasteiger charge is 2.14. The topological polar surface area (TPSA) is 76.0 Å². The fraction of sp³-hybridized carbons (Fsp3) is 0.615. The first kappa shape index (κ1) is 16.6. The van der Waals surface area contributed by atoms with Crippen LogP contribution in [0.25, 0.3) is 0 Å². The summed E-state index contributed by atoms with van der Waals surface area (Å²) in [4.78, 5) is 27.1. The van der Waals surface area contributed by atoms with Crippen molar-refractivity contribution in [2.24, 2.45) is 5.92 Å². The Bertz CT molecular complexity index is 497. The third-order valence-electron chi connectivity index (χ3n) is 2.78. The van der Waals surface area contributed by atoms with E-state index in [1.54, 1.807) is 0 Å². The van der Waals surface area contributed by atoms with Crippen molar-refractivity contribution in [1.29, 1.82) is 0 Å². The van der Waals surface area contributed by atoms with Crippen molar-refractivity contribution < 1.29 is 9.59 Å². The molecule has 6 nitrogen and oxygen atoms in total. The van der Waals surface area contributed by atoms with Gasteiger partial charge >= 0.3 is 6.03 Å². The third kappa shape index (κ3) is 4.56. The molecule has 0 aliphatic heterocycles. The molecule has 20 heavy (non-hydrogen) atoms. The van der Waals surface area contributed by atoms with Gasteiger partial charge in [0.25, 0.3) is 0 Å². The molecule has 0 bridgehead atoms. The molecule has 2 N–H and O–H groups in total. The molecule has 7 heteroatoms. The van der Waals surface area contributed by atoms with Gasteiger partial charge in [-0.2, -0.15) is 0 Å². The summed E-state index contributed by atoms with van der Waals surface area (Å²) in [5, 5.41) is 5.40. The number of carbonyl (C=O) groups excluding carboxylic acids is 2. The number of nitrogens with one attached hydrogen (secondary N) is 2. The molecular formula is C13H22N4O2S. The standard InChI is InChI=1S/C13H22N4O2S/c1-8(2)6-17-10(4)9(3)15-13(17)20-7-11(18)16-12(19)14-5/h8H,6-7H2,1-5H3,(H2,14,16,18,19). The highest BCUT2D eigenvalue weighted by molar-refractivity contribution is 7.99. The van der Waals surface area contributed by atoms with Crippen molar-refractivity contribution in [1.82, 2.24) is 20.2 Å². The number of imidazole rings is 1.